The number of aromatic nitrogens is 1. The van der Waals surface area contributed by atoms with Crippen LogP contribution < -0.4 is 0 Å². The molecule has 1 aliphatic carbocycles. The minimum absolute atomic E-state index is 0.0694. The first-order chi connectivity index (χ1) is 11.5. The first kappa shape index (κ1) is 15.5. The smallest absolute Gasteiger partial charge is 0.308 e. The highest BCUT2D eigenvalue weighted by Gasteiger charge is 2.47. The van der Waals surface area contributed by atoms with Crippen LogP contribution in [0.3, 0.4) is 0 Å². The molecule has 2 aliphatic rings. The zero-order valence-corrected chi connectivity index (χ0v) is 14.2. The van der Waals surface area contributed by atoms with Gasteiger partial charge in [-0.1, -0.05) is 29.8 Å². The molecular weight excluding hydrogens is 328 g/mol. The Balaban J connectivity index is 1.68. The predicted octanol–water partition coefficient (Wildman–Crippen LogP) is 3.01. The minimum atomic E-state index is -0.801. The third-order valence-corrected chi connectivity index (χ3v) is 5.83. The fraction of sp³-hybridized carbons (Fsp3) is 0.444. The van der Waals surface area contributed by atoms with E-state index in [2.05, 4.69) is 0 Å². The largest absolute Gasteiger partial charge is 0.481 e. The first-order valence-electron chi connectivity index (χ1n) is 8.24. The molecule has 0 bridgehead atoms. The predicted molar refractivity (Wildman–Crippen MR) is 91.2 cm³/mol. The van der Waals surface area contributed by atoms with Crippen LogP contribution in [-0.4, -0.2) is 39.5 Å². The second-order valence-electron chi connectivity index (χ2n) is 6.89. The molecule has 6 heteroatoms. The highest BCUT2D eigenvalue weighted by molar-refractivity contribution is 6.38. The molecule has 2 fully saturated rings. The van der Waals surface area contributed by atoms with Gasteiger partial charge in [0.2, 0.25) is 0 Å². The van der Waals surface area contributed by atoms with Crippen LogP contribution in [0.25, 0.3) is 10.9 Å². The summed E-state index contributed by atoms with van der Waals surface area (Å²) < 4.78 is 1.81. The molecule has 0 radical (unpaired) electrons. The molecule has 1 saturated carbocycles. The number of aliphatic carboxylic acids is 1. The highest BCUT2D eigenvalue weighted by atomic mass is 35.5. The standard InChI is InChI=1S/C18H19ClN2O3/c1-20-14-5-3-2-4-11(14)15(19)16(20)17(22)21-8-12(10-6-7-10)13(9-21)18(23)24/h2-5,10,12-13H,6-9H2,1H3,(H,23,24)/t12-,13+/m1/s1. The van der Waals surface area contributed by atoms with Gasteiger partial charge in [0.05, 0.1) is 10.9 Å². The summed E-state index contributed by atoms with van der Waals surface area (Å²) in [4.78, 5) is 26.3. The summed E-state index contributed by atoms with van der Waals surface area (Å²) in [7, 11) is 1.82. The maximum absolute atomic E-state index is 13.0. The fourth-order valence-corrected chi connectivity index (χ4v) is 4.36. The molecule has 1 aromatic heterocycles. The van der Waals surface area contributed by atoms with E-state index in [-0.39, 0.29) is 18.4 Å². The van der Waals surface area contributed by atoms with E-state index in [1.54, 1.807) is 9.47 Å². The number of carboxylic acid groups (broad SMARTS) is 1. The number of para-hydroxylation sites is 1. The molecule has 1 aromatic carbocycles. The van der Waals surface area contributed by atoms with E-state index >= 15 is 0 Å². The van der Waals surface area contributed by atoms with Crippen LogP contribution in [0.4, 0.5) is 0 Å². The molecule has 2 aromatic rings. The lowest BCUT2D eigenvalue weighted by atomic mass is 9.92. The monoisotopic (exact) mass is 346 g/mol. The summed E-state index contributed by atoms with van der Waals surface area (Å²) in [6.07, 6.45) is 2.15. The van der Waals surface area contributed by atoms with Crippen molar-refractivity contribution in [2.24, 2.45) is 24.8 Å². The topological polar surface area (TPSA) is 62.5 Å². The number of amides is 1. The fourth-order valence-electron chi connectivity index (χ4n) is 3.99. The van der Waals surface area contributed by atoms with Crippen LogP contribution in [0, 0.1) is 17.8 Å². The summed E-state index contributed by atoms with van der Waals surface area (Å²) in [6, 6.07) is 7.62. The van der Waals surface area contributed by atoms with Crippen molar-refractivity contribution in [2.75, 3.05) is 13.1 Å². The van der Waals surface area contributed by atoms with E-state index < -0.39 is 11.9 Å². The van der Waals surface area contributed by atoms with E-state index in [0.29, 0.717) is 23.2 Å². The number of carboxylic acids is 1. The molecule has 0 spiro atoms. The molecule has 2 heterocycles. The van der Waals surface area contributed by atoms with E-state index in [4.69, 9.17) is 11.6 Å². The third kappa shape index (κ3) is 2.30. The van der Waals surface area contributed by atoms with Gasteiger partial charge in [-0.15, -0.1) is 0 Å². The summed E-state index contributed by atoms with van der Waals surface area (Å²) in [5.74, 6) is -0.917. The number of halogens is 1. The number of nitrogens with zero attached hydrogens (tertiary/aromatic N) is 2. The van der Waals surface area contributed by atoms with Crippen LogP contribution in [-0.2, 0) is 11.8 Å². The maximum Gasteiger partial charge on any atom is 0.308 e. The molecule has 1 N–H and O–H groups in total. The number of rotatable bonds is 3. The molecule has 1 amide bonds. The molecule has 2 atom stereocenters. The number of carbonyl (C=O) groups excluding carboxylic acids is 1. The average molecular weight is 347 g/mol. The van der Waals surface area contributed by atoms with Crippen LogP contribution >= 0.6 is 11.6 Å². The lowest BCUT2D eigenvalue weighted by molar-refractivity contribution is -0.142. The Labute approximate surface area is 144 Å². The van der Waals surface area contributed by atoms with Gasteiger partial charge < -0.3 is 14.6 Å². The van der Waals surface area contributed by atoms with Gasteiger partial charge in [0, 0.05) is 31.0 Å². The van der Waals surface area contributed by atoms with E-state index in [1.807, 2.05) is 31.3 Å². The van der Waals surface area contributed by atoms with Gasteiger partial charge in [-0.05, 0) is 30.7 Å². The van der Waals surface area contributed by atoms with Gasteiger partial charge in [-0.25, -0.2) is 0 Å². The lowest BCUT2D eigenvalue weighted by Gasteiger charge is -2.17. The molecule has 1 saturated heterocycles. The van der Waals surface area contributed by atoms with Gasteiger partial charge in [0.25, 0.3) is 5.91 Å². The van der Waals surface area contributed by atoms with Gasteiger partial charge in [0.15, 0.2) is 0 Å². The maximum atomic E-state index is 13.0. The quantitative estimate of drug-likeness (QED) is 0.929. The molecule has 126 valence electrons. The number of likely N-dealkylation sites (tertiary alicyclic amines) is 1. The Morgan fingerprint density at radius 3 is 2.54 bits per heavy atom. The van der Waals surface area contributed by atoms with Crippen molar-refractivity contribution in [1.82, 2.24) is 9.47 Å². The minimum Gasteiger partial charge on any atom is -0.481 e. The van der Waals surface area contributed by atoms with Crippen LogP contribution in [0.5, 0.6) is 0 Å². The second-order valence-corrected chi connectivity index (χ2v) is 7.27. The van der Waals surface area contributed by atoms with Gasteiger partial charge in [0.1, 0.15) is 5.69 Å². The Bertz CT molecular complexity index is 801. The zero-order chi connectivity index (χ0) is 17.0. The van der Waals surface area contributed by atoms with Gasteiger partial charge in [-0.3, -0.25) is 9.59 Å². The summed E-state index contributed by atoms with van der Waals surface area (Å²) in [5, 5.41) is 10.8. The van der Waals surface area contributed by atoms with Crippen LogP contribution in [0.1, 0.15) is 23.3 Å². The van der Waals surface area contributed by atoms with Crippen LogP contribution in [0.15, 0.2) is 24.3 Å². The number of benzene rings is 1. The summed E-state index contributed by atoms with van der Waals surface area (Å²) in [6.45, 7) is 0.783. The SMILES string of the molecule is Cn1c(C(=O)N2C[C@H](C(=O)O)[C@@H](C3CC3)C2)c(Cl)c2ccccc21. The zero-order valence-electron chi connectivity index (χ0n) is 13.4. The van der Waals surface area contributed by atoms with Crippen molar-refractivity contribution in [2.45, 2.75) is 12.8 Å². The van der Waals surface area contributed by atoms with Gasteiger partial charge >= 0.3 is 5.97 Å². The Kier molecular flexibility index (Phi) is 3.57. The Hall–Kier alpha value is -2.01. The number of fused-ring (bicyclic) bond motifs is 1. The Morgan fingerprint density at radius 2 is 1.92 bits per heavy atom. The number of hydrogen-bond donors (Lipinski definition) is 1. The van der Waals surface area contributed by atoms with Crippen LogP contribution in [0.2, 0.25) is 5.02 Å². The van der Waals surface area contributed by atoms with Crippen molar-refractivity contribution in [3.8, 4) is 0 Å². The van der Waals surface area contributed by atoms with Crippen molar-refractivity contribution in [1.29, 1.82) is 0 Å². The third-order valence-electron chi connectivity index (χ3n) is 5.44. The molecule has 0 unspecified atom stereocenters. The lowest BCUT2D eigenvalue weighted by Crippen LogP contribution is -2.31. The average Bonchev–Trinajstić information content (AvgIpc) is 3.26. The number of carbonyl (C=O) groups is 2. The van der Waals surface area contributed by atoms with Crippen molar-refractivity contribution < 1.29 is 14.7 Å². The van der Waals surface area contributed by atoms with E-state index in [9.17, 15) is 14.7 Å². The van der Waals surface area contributed by atoms with Crippen molar-refractivity contribution in [3.05, 3.63) is 35.0 Å². The summed E-state index contributed by atoms with van der Waals surface area (Å²) >= 11 is 6.46. The number of aryl methyl sites for hydroxylation is 1. The molecule has 24 heavy (non-hydrogen) atoms. The second kappa shape index (κ2) is 5.52. The van der Waals surface area contributed by atoms with Crippen molar-refractivity contribution in [3.63, 3.8) is 0 Å². The number of hydrogen-bond acceptors (Lipinski definition) is 2. The Morgan fingerprint density at radius 1 is 1.21 bits per heavy atom. The molecule has 4 rings (SSSR count). The van der Waals surface area contributed by atoms with Gasteiger partial charge in [-0.2, -0.15) is 0 Å². The first-order valence-corrected chi connectivity index (χ1v) is 8.61. The van der Waals surface area contributed by atoms with E-state index in [0.717, 1.165) is 23.7 Å². The van der Waals surface area contributed by atoms with Crippen molar-refractivity contribution >= 4 is 34.4 Å². The summed E-state index contributed by atoms with van der Waals surface area (Å²) in [5.41, 5.74) is 1.34. The normalized spacial score (nSPS) is 23.8. The molecule has 1 aliphatic heterocycles. The van der Waals surface area contributed by atoms with E-state index in [1.165, 1.54) is 0 Å². The molecular formula is C18H19ClN2O3. The molecule has 5 nitrogen and oxygen atoms in total. The highest BCUT2D eigenvalue weighted by Crippen LogP contribution is 2.44.